The van der Waals surface area contributed by atoms with Gasteiger partial charge < -0.3 is 10.2 Å². The zero-order valence-corrected chi connectivity index (χ0v) is 8.98. The van der Waals surface area contributed by atoms with Crippen molar-refractivity contribution in [3.63, 3.8) is 0 Å². The monoisotopic (exact) mass is 207 g/mol. The molecule has 1 aliphatic heterocycles. The van der Waals surface area contributed by atoms with Crippen molar-refractivity contribution in [3.8, 4) is 11.5 Å². The molecule has 0 saturated carbocycles. The molecule has 3 heteroatoms. The lowest BCUT2D eigenvalue weighted by atomic mass is 10.1. The third-order valence-corrected chi connectivity index (χ3v) is 3.10. The second kappa shape index (κ2) is 4.11. The Hall–Kier alpha value is -1.22. The lowest BCUT2D eigenvalue weighted by Crippen LogP contribution is -2.23. The fourth-order valence-corrected chi connectivity index (χ4v) is 2.20. The summed E-state index contributed by atoms with van der Waals surface area (Å²) in [4.78, 5) is 2.37. The van der Waals surface area contributed by atoms with E-state index in [1.165, 1.54) is 18.9 Å². The Labute approximate surface area is 90.0 Å². The number of hydrogen-bond donors (Lipinski definition) is 2. The fraction of sp³-hybridized carbons (Fsp3) is 0.500. The number of benzene rings is 1. The number of phenols is 2. The van der Waals surface area contributed by atoms with Gasteiger partial charge in [0.15, 0.2) is 0 Å². The Balaban J connectivity index is 2.20. The predicted octanol–water partition coefficient (Wildman–Crippen LogP) is 2.25. The van der Waals surface area contributed by atoms with Crippen LogP contribution in [0.4, 0.5) is 0 Å². The smallest absolute Gasteiger partial charge is 0.119 e. The molecular weight excluding hydrogens is 190 g/mol. The van der Waals surface area contributed by atoms with Gasteiger partial charge in [-0.2, -0.15) is 0 Å². The van der Waals surface area contributed by atoms with Gasteiger partial charge >= 0.3 is 0 Å². The third kappa shape index (κ3) is 2.23. The molecule has 1 saturated heterocycles. The maximum atomic E-state index is 9.41. The molecule has 1 unspecified atom stereocenters. The highest BCUT2D eigenvalue weighted by atomic mass is 16.3. The minimum atomic E-state index is 0.135. The molecule has 1 heterocycles. The van der Waals surface area contributed by atoms with Gasteiger partial charge in [-0.1, -0.05) is 0 Å². The fourth-order valence-electron chi connectivity index (χ4n) is 2.20. The van der Waals surface area contributed by atoms with E-state index in [1.54, 1.807) is 12.1 Å². The number of phenolic OH excluding ortho intramolecular Hbond substituents is 2. The van der Waals surface area contributed by atoms with E-state index in [-0.39, 0.29) is 17.5 Å². The minimum Gasteiger partial charge on any atom is -0.508 e. The molecule has 0 aromatic heterocycles. The van der Waals surface area contributed by atoms with Crippen LogP contribution in [-0.2, 0) is 0 Å². The maximum absolute atomic E-state index is 9.41. The van der Waals surface area contributed by atoms with Crippen molar-refractivity contribution in [3.05, 3.63) is 23.8 Å². The molecule has 0 bridgehead atoms. The summed E-state index contributed by atoms with van der Waals surface area (Å²) < 4.78 is 0. The molecule has 15 heavy (non-hydrogen) atoms. The van der Waals surface area contributed by atoms with Crippen molar-refractivity contribution in [2.24, 2.45) is 0 Å². The lowest BCUT2D eigenvalue weighted by Gasteiger charge is -2.24. The summed E-state index contributed by atoms with van der Waals surface area (Å²) in [6.07, 6.45) is 2.49. The van der Waals surface area contributed by atoms with Gasteiger partial charge in [0.1, 0.15) is 11.5 Å². The number of aromatic hydroxyl groups is 2. The first kappa shape index (κ1) is 10.3. The summed E-state index contributed by atoms with van der Waals surface area (Å²) >= 11 is 0. The number of rotatable bonds is 2. The first-order chi connectivity index (χ1) is 7.16. The van der Waals surface area contributed by atoms with Crippen molar-refractivity contribution in [1.82, 2.24) is 4.90 Å². The molecule has 2 N–H and O–H groups in total. The van der Waals surface area contributed by atoms with E-state index in [9.17, 15) is 10.2 Å². The first-order valence-corrected chi connectivity index (χ1v) is 5.44. The van der Waals surface area contributed by atoms with Crippen LogP contribution in [0.3, 0.4) is 0 Å². The molecule has 0 spiro atoms. The normalized spacial score (nSPS) is 19.3. The summed E-state index contributed by atoms with van der Waals surface area (Å²) in [5, 5.41) is 18.8. The van der Waals surface area contributed by atoms with E-state index < -0.39 is 0 Å². The van der Waals surface area contributed by atoms with Gasteiger partial charge in [0.2, 0.25) is 0 Å². The van der Waals surface area contributed by atoms with Crippen molar-refractivity contribution < 1.29 is 10.2 Å². The van der Waals surface area contributed by atoms with Gasteiger partial charge in [0.05, 0.1) is 0 Å². The van der Waals surface area contributed by atoms with Gasteiger partial charge in [-0.3, -0.25) is 4.90 Å². The Bertz CT molecular complexity index is 325. The molecular formula is C12H17NO2. The lowest BCUT2D eigenvalue weighted by molar-refractivity contribution is 0.262. The average Bonchev–Trinajstić information content (AvgIpc) is 2.67. The zero-order chi connectivity index (χ0) is 10.8. The Morgan fingerprint density at radius 1 is 1.07 bits per heavy atom. The summed E-state index contributed by atoms with van der Waals surface area (Å²) in [5.74, 6) is 0.270. The zero-order valence-electron chi connectivity index (χ0n) is 8.98. The van der Waals surface area contributed by atoms with Gasteiger partial charge in [-0.05, 0) is 50.6 Å². The van der Waals surface area contributed by atoms with Crippen LogP contribution < -0.4 is 0 Å². The molecule has 1 atom stereocenters. The van der Waals surface area contributed by atoms with Crippen LogP contribution in [0.5, 0.6) is 11.5 Å². The van der Waals surface area contributed by atoms with Crippen molar-refractivity contribution in [2.45, 2.75) is 25.8 Å². The SMILES string of the molecule is CC(c1cc(O)cc(O)c1)N1CCCC1. The standard InChI is InChI=1S/C12H17NO2/c1-9(13-4-2-3-5-13)10-6-11(14)8-12(15)7-10/h6-9,14-15H,2-5H2,1H3. The molecule has 1 aliphatic rings. The molecule has 82 valence electrons. The van der Waals surface area contributed by atoms with Crippen LogP contribution in [0.2, 0.25) is 0 Å². The van der Waals surface area contributed by atoms with Crippen LogP contribution in [0.25, 0.3) is 0 Å². The molecule has 1 fully saturated rings. The number of nitrogens with zero attached hydrogens (tertiary/aromatic N) is 1. The van der Waals surface area contributed by atoms with Crippen molar-refractivity contribution in [2.75, 3.05) is 13.1 Å². The van der Waals surface area contributed by atoms with Gasteiger partial charge in [-0.15, -0.1) is 0 Å². The quantitative estimate of drug-likeness (QED) is 0.781. The Kier molecular flexibility index (Phi) is 2.82. The van der Waals surface area contributed by atoms with E-state index >= 15 is 0 Å². The largest absolute Gasteiger partial charge is 0.508 e. The molecule has 0 radical (unpaired) electrons. The van der Waals surface area contributed by atoms with E-state index in [0.717, 1.165) is 18.7 Å². The second-order valence-electron chi connectivity index (χ2n) is 4.20. The maximum Gasteiger partial charge on any atom is 0.119 e. The Morgan fingerprint density at radius 2 is 1.60 bits per heavy atom. The highest BCUT2D eigenvalue weighted by Crippen LogP contribution is 2.29. The molecule has 0 aliphatic carbocycles. The van der Waals surface area contributed by atoms with Crippen LogP contribution in [0.15, 0.2) is 18.2 Å². The number of likely N-dealkylation sites (tertiary alicyclic amines) is 1. The average molecular weight is 207 g/mol. The highest BCUT2D eigenvalue weighted by Gasteiger charge is 2.19. The molecule has 0 amide bonds. The molecule has 1 aromatic carbocycles. The van der Waals surface area contributed by atoms with Crippen LogP contribution in [0, 0.1) is 0 Å². The van der Waals surface area contributed by atoms with Gasteiger partial charge in [0, 0.05) is 12.1 Å². The second-order valence-corrected chi connectivity index (χ2v) is 4.20. The Morgan fingerprint density at radius 3 is 2.13 bits per heavy atom. The summed E-state index contributed by atoms with van der Waals surface area (Å²) in [7, 11) is 0. The first-order valence-electron chi connectivity index (χ1n) is 5.44. The van der Waals surface area contributed by atoms with Crippen molar-refractivity contribution >= 4 is 0 Å². The van der Waals surface area contributed by atoms with Crippen LogP contribution in [-0.4, -0.2) is 28.2 Å². The van der Waals surface area contributed by atoms with E-state index in [4.69, 9.17) is 0 Å². The summed E-state index contributed by atoms with van der Waals surface area (Å²) in [5.41, 5.74) is 0.981. The van der Waals surface area contributed by atoms with Gasteiger partial charge in [0.25, 0.3) is 0 Å². The predicted molar refractivity (Wildman–Crippen MR) is 59.0 cm³/mol. The highest BCUT2D eigenvalue weighted by molar-refractivity contribution is 5.38. The van der Waals surface area contributed by atoms with E-state index in [1.807, 2.05) is 0 Å². The summed E-state index contributed by atoms with van der Waals surface area (Å²) in [6, 6.07) is 5.08. The van der Waals surface area contributed by atoms with E-state index in [2.05, 4.69) is 11.8 Å². The molecule has 1 aromatic rings. The topological polar surface area (TPSA) is 43.7 Å². The van der Waals surface area contributed by atoms with Crippen molar-refractivity contribution in [1.29, 1.82) is 0 Å². The van der Waals surface area contributed by atoms with Gasteiger partial charge in [-0.25, -0.2) is 0 Å². The molecule has 3 nitrogen and oxygen atoms in total. The van der Waals surface area contributed by atoms with E-state index in [0.29, 0.717) is 0 Å². The number of hydrogen-bond acceptors (Lipinski definition) is 3. The van der Waals surface area contributed by atoms with Crippen LogP contribution in [0.1, 0.15) is 31.4 Å². The third-order valence-electron chi connectivity index (χ3n) is 3.10. The van der Waals surface area contributed by atoms with Crippen LogP contribution >= 0.6 is 0 Å². The molecule has 2 rings (SSSR count). The summed E-state index contributed by atoms with van der Waals surface area (Å²) in [6.45, 7) is 4.33. The minimum absolute atomic E-state index is 0.135.